The summed E-state index contributed by atoms with van der Waals surface area (Å²) in [7, 11) is 3.47. The van der Waals surface area contributed by atoms with E-state index in [1.165, 1.54) is 0 Å². The van der Waals surface area contributed by atoms with E-state index in [1.54, 1.807) is 12.0 Å². The zero-order valence-corrected chi connectivity index (χ0v) is 12.2. The van der Waals surface area contributed by atoms with Crippen molar-refractivity contribution in [2.75, 3.05) is 25.7 Å². The molecular weight excluding hydrogens is 262 g/mol. The van der Waals surface area contributed by atoms with Crippen LogP contribution in [-0.2, 0) is 17.7 Å². The van der Waals surface area contributed by atoms with Crippen LogP contribution in [0.25, 0.3) is 0 Å². The second-order valence-electron chi connectivity index (χ2n) is 4.79. The summed E-state index contributed by atoms with van der Waals surface area (Å²) in [5, 5.41) is 7.79. The molecule has 0 spiro atoms. The SMILES string of the molecule is COCCc1noc(CN(C)c2nc(C(C)C)no2)n1. The lowest BCUT2D eigenvalue weighted by atomic mass is 10.2. The summed E-state index contributed by atoms with van der Waals surface area (Å²) in [6, 6.07) is 0.436. The molecule has 0 N–H and O–H groups in total. The van der Waals surface area contributed by atoms with Gasteiger partial charge < -0.3 is 18.7 Å². The molecule has 8 heteroatoms. The number of ether oxygens (including phenoxy) is 1. The van der Waals surface area contributed by atoms with Gasteiger partial charge in [-0.05, 0) is 0 Å². The summed E-state index contributed by atoms with van der Waals surface area (Å²) in [6.07, 6.45) is 0.627. The van der Waals surface area contributed by atoms with Crippen LogP contribution in [0.3, 0.4) is 0 Å². The van der Waals surface area contributed by atoms with Crippen LogP contribution in [0.1, 0.15) is 37.3 Å². The number of aromatic nitrogens is 4. The lowest BCUT2D eigenvalue weighted by Crippen LogP contribution is -2.17. The zero-order valence-electron chi connectivity index (χ0n) is 12.2. The third kappa shape index (κ3) is 3.53. The largest absolute Gasteiger partial charge is 0.384 e. The molecule has 0 aromatic carbocycles. The summed E-state index contributed by atoms with van der Waals surface area (Å²) in [5.74, 6) is 2.04. The van der Waals surface area contributed by atoms with Crippen molar-refractivity contribution in [1.82, 2.24) is 20.3 Å². The highest BCUT2D eigenvalue weighted by molar-refractivity contribution is 5.23. The van der Waals surface area contributed by atoms with E-state index in [0.717, 1.165) is 0 Å². The average molecular weight is 281 g/mol. The van der Waals surface area contributed by atoms with Gasteiger partial charge in [0.05, 0.1) is 6.61 Å². The lowest BCUT2D eigenvalue weighted by Gasteiger charge is -2.09. The van der Waals surface area contributed by atoms with Crippen LogP contribution in [0.15, 0.2) is 9.05 Å². The first-order valence-corrected chi connectivity index (χ1v) is 6.45. The standard InChI is InChI=1S/C12H19N5O3/c1-8(2)11-14-12(20-16-11)17(3)7-10-13-9(15-19-10)5-6-18-4/h8H,5-7H2,1-4H3. The minimum absolute atomic E-state index is 0.227. The Labute approximate surface area is 117 Å². The molecule has 2 heterocycles. The van der Waals surface area contributed by atoms with E-state index >= 15 is 0 Å². The second kappa shape index (κ2) is 6.47. The molecule has 0 saturated carbocycles. The summed E-state index contributed by atoms with van der Waals surface area (Å²) < 4.78 is 15.3. The molecule has 0 aliphatic carbocycles. The molecule has 20 heavy (non-hydrogen) atoms. The molecule has 2 rings (SSSR count). The summed E-state index contributed by atoms with van der Waals surface area (Å²) in [6.45, 7) is 5.00. The first-order valence-electron chi connectivity index (χ1n) is 6.45. The monoisotopic (exact) mass is 281 g/mol. The molecule has 0 bridgehead atoms. The van der Waals surface area contributed by atoms with Crippen LogP contribution >= 0.6 is 0 Å². The summed E-state index contributed by atoms with van der Waals surface area (Å²) in [4.78, 5) is 10.3. The minimum Gasteiger partial charge on any atom is -0.384 e. The molecule has 0 amide bonds. The van der Waals surface area contributed by atoms with E-state index in [9.17, 15) is 0 Å². The predicted molar refractivity (Wildman–Crippen MR) is 70.4 cm³/mol. The quantitative estimate of drug-likeness (QED) is 0.752. The zero-order chi connectivity index (χ0) is 14.5. The van der Waals surface area contributed by atoms with Crippen molar-refractivity contribution in [2.24, 2.45) is 0 Å². The van der Waals surface area contributed by atoms with Gasteiger partial charge in [0.25, 0.3) is 0 Å². The Morgan fingerprint density at radius 2 is 2.00 bits per heavy atom. The maximum Gasteiger partial charge on any atom is 0.324 e. The van der Waals surface area contributed by atoms with E-state index in [-0.39, 0.29) is 5.92 Å². The van der Waals surface area contributed by atoms with Crippen molar-refractivity contribution in [1.29, 1.82) is 0 Å². The van der Waals surface area contributed by atoms with Gasteiger partial charge in [0.2, 0.25) is 5.89 Å². The van der Waals surface area contributed by atoms with Crippen LogP contribution in [0.4, 0.5) is 6.01 Å². The predicted octanol–water partition coefficient (Wildman–Crippen LogP) is 1.40. The Bertz CT molecular complexity index is 537. The first-order chi connectivity index (χ1) is 9.60. The Morgan fingerprint density at radius 3 is 2.65 bits per heavy atom. The molecule has 0 unspecified atom stereocenters. The molecule has 0 aliphatic rings. The van der Waals surface area contributed by atoms with Gasteiger partial charge in [0.1, 0.15) is 6.54 Å². The van der Waals surface area contributed by atoms with Crippen molar-refractivity contribution in [2.45, 2.75) is 32.7 Å². The highest BCUT2D eigenvalue weighted by atomic mass is 16.5. The van der Waals surface area contributed by atoms with E-state index in [1.807, 2.05) is 20.9 Å². The summed E-state index contributed by atoms with van der Waals surface area (Å²) in [5.41, 5.74) is 0. The maximum absolute atomic E-state index is 5.19. The van der Waals surface area contributed by atoms with Crippen LogP contribution in [0, 0.1) is 0 Å². The van der Waals surface area contributed by atoms with Crippen molar-refractivity contribution < 1.29 is 13.8 Å². The van der Waals surface area contributed by atoms with Gasteiger partial charge in [-0.1, -0.05) is 24.2 Å². The molecule has 0 atom stereocenters. The highest BCUT2D eigenvalue weighted by Crippen LogP contribution is 2.16. The van der Waals surface area contributed by atoms with Crippen molar-refractivity contribution >= 4 is 6.01 Å². The summed E-state index contributed by atoms with van der Waals surface area (Å²) >= 11 is 0. The average Bonchev–Trinajstić information content (AvgIpc) is 3.05. The van der Waals surface area contributed by atoms with Gasteiger partial charge in [0.15, 0.2) is 11.6 Å². The van der Waals surface area contributed by atoms with Crippen LogP contribution in [-0.4, -0.2) is 41.0 Å². The lowest BCUT2D eigenvalue weighted by molar-refractivity contribution is 0.199. The Morgan fingerprint density at radius 1 is 1.20 bits per heavy atom. The topological polar surface area (TPSA) is 90.3 Å². The van der Waals surface area contributed by atoms with Crippen molar-refractivity contribution in [3.05, 3.63) is 17.5 Å². The van der Waals surface area contributed by atoms with Gasteiger partial charge in [-0.15, -0.1) is 0 Å². The third-order valence-corrected chi connectivity index (χ3v) is 2.69. The van der Waals surface area contributed by atoms with Gasteiger partial charge in [0, 0.05) is 26.5 Å². The Hall–Kier alpha value is -1.96. The minimum atomic E-state index is 0.227. The van der Waals surface area contributed by atoms with Crippen LogP contribution < -0.4 is 4.90 Å². The fraction of sp³-hybridized carbons (Fsp3) is 0.667. The number of nitrogens with zero attached hydrogens (tertiary/aromatic N) is 5. The van der Waals surface area contributed by atoms with Gasteiger partial charge in [-0.3, -0.25) is 0 Å². The number of methoxy groups -OCH3 is 1. The van der Waals surface area contributed by atoms with Gasteiger partial charge in [-0.25, -0.2) is 0 Å². The molecule has 8 nitrogen and oxygen atoms in total. The van der Waals surface area contributed by atoms with Crippen LogP contribution in [0.2, 0.25) is 0 Å². The fourth-order valence-corrected chi connectivity index (χ4v) is 1.54. The highest BCUT2D eigenvalue weighted by Gasteiger charge is 2.16. The Kier molecular flexibility index (Phi) is 4.67. The molecule has 0 radical (unpaired) electrons. The molecule has 0 fully saturated rings. The van der Waals surface area contributed by atoms with Gasteiger partial charge >= 0.3 is 6.01 Å². The number of rotatable bonds is 7. The van der Waals surface area contributed by atoms with E-state index in [0.29, 0.717) is 43.1 Å². The molecule has 0 saturated heterocycles. The van der Waals surface area contributed by atoms with E-state index in [4.69, 9.17) is 13.8 Å². The first kappa shape index (κ1) is 14.4. The second-order valence-corrected chi connectivity index (χ2v) is 4.79. The molecule has 0 aliphatic heterocycles. The Balaban J connectivity index is 1.96. The molecular formula is C12H19N5O3. The maximum atomic E-state index is 5.19. The van der Waals surface area contributed by atoms with Crippen molar-refractivity contribution in [3.63, 3.8) is 0 Å². The number of hydrogen-bond donors (Lipinski definition) is 0. The number of anilines is 1. The van der Waals surface area contributed by atoms with E-state index < -0.39 is 0 Å². The van der Waals surface area contributed by atoms with Gasteiger partial charge in [-0.2, -0.15) is 9.97 Å². The molecule has 110 valence electrons. The normalized spacial score (nSPS) is 11.2. The smallest absolute Gasteiger partial charge is 0.324 e. The third-order valence-electron chi connectivity index (χ3n) is 2.69. The van der Waals surface area contributed by atoms with E-state index in [2.05, 4.69) is 20.3 Å². The molecule has 2 aromatic rings. The number of hydrogen-bond acceptors (Lipinski definition) is 8. The van der Waals surface area contributed by atoms with Crippen LogP contribution in [0.5, 0.6) is 0 Å². The molecule has 2 aromatic heterocycles. The van der Waals surface area contributed by atoms with Crippen molar-refractivity contribution in [3.8, 4) is 0 Å². The fourth-order valence-electron chi connectivity index (χ4n) is 1.54.